The molecule has 36 heavy (non-hydrogen) atoms. The number of aromatic nitrogens is 3. The van der Waals surface area contributed by atoms with Gasteiger partial charge in [-0.1, -0.05) is 32.9 Å². The molecule has 1 aromatic heterocycles. The number of hydrogen-bond acceptors (Lipinski definition) is 6. The van der Waals surface area contributed by atoms with Crippen molar-refractivity contribution in [3.63, 3.8) is 0 Å². The average molecular weight is 485 g/mol. The summed E-state index contributed by atoms with van der Waals surface area (Å²) in [6.07, 6.45) is 0.935. The number of rotatable bonds is 8. The van der Waals surface area contributed by atoms with Crippen molar-refractivity contribution < 1.29 is 19.0 Å². The van der Waals surface area contributed by atoms with Gasteiger partial charge in [0.05, 0.1) is 12.3 Å². The lowest BCUT2D eigenvalue weighted by atomic mass is 10.1. The molecule has 0 aliphatic carbocycles. The second-order valence-electron chi connectivity index (χ2n) is 8.95. The van der Waals surface area contributed by atoms with Gasteiger partial charge in [0.2, 0.25) is 6.79 Å². The Kier molecular flexibility index (Phi) is 6.58. The topological polar surface area (TPSA) is 87.5 Å². The van der Waals surface area contributed by atoms with Crippen LogP contribution in [-0.4, -0.2) is 34.1 Å². The summed E-state index contributed by atoms with van der Waals surface area (Å²) in [5.41, 5.74) is 4.09. The number of ether oxygens (including phenoxy) is 3. The standard InChI is InChI=1S/C28H28N4O4/c1-4-19-5-7-20(8-6-19)27(33)29-22-10-12-23(13-11-22)32-26(30-28(31-32)34-16-18(2)3)21-9-14-24-25(15-21)36-17-35-24/h5-15,18H,4,16-17H2,1-3H3,(H,29,33). The van der Waals surface area contributed by atoms with Gasteiger partial charge in [0.15, 0.2) is 17.3 Å². The molecule has 0 bridgehead atoms. The Bertz CT molecular complexity index is 1360. The van der Waals surface area contributed by atoms with Gasteiger partial charge in [0.1, 0.15) is 0 Å². The van der Waals surface area contributed by atoms with Gasteiger partial charge >= 0.3 is 6.01 Å². The molecule has 1 aliphatic heterocycles. The zero-order valence-corrected chi connectivity index (χ0v) is 20.5. The minimum atomic E-state index is -0.156. The van der Waals surface area contributed by atoms with Crippen molar-refractivity contribution in [3.05, 3.63) is 77.9 Å². The first-order valence-corrected chi connectivity index (χ1v) is 12.0. The molecule has 0 radical (unpaired) electrons. The van der Waals surface area contributed by atoms with Gasteiger partial charge in [0.25, 0.3) is 5.91 Å². The summed E-state index contributed by atoms with van der Waals surface area (Å²) in [6.45, 7) is 6.93. The molecule has 184 valence electrons. The number of fused-ring (bicyclic) bond motifs is 1. The van der Waals surface area contributed by atoms with Crippen LogP contribution in [0.4, 0.5) is 5.69 Å². The van der Waals surface area contributed by atoms with E-state index in [0.29, 0.717) is 47.1 Å². The molecule has 1 aliphatic rings. The molecule has 4 aromatic rings. The van der Waals surface area contributed by atoms with E-state index >= 15 is 0 Å². The van der Waals surface area contributed by atoms with Crippen LogP contribution in [0.15, 0.2) is 66.7 Å². The fourth-order valence-corrected chi connectivity index (χ4v) is 3.78. The van der Waals surface area contributed by atoms with Gasteiger partial charge in [-0.25, -0.2) is 4.68 Å². The molecule has 8 heteroatoms. The minimum Gasteiger partial charge on any atom is -0.462 e. The number of nitrogens with zero attached hydrogens (tertiary/aromatic N) is 3. The van der Waals surface area contributed by atoms with E-state index in [9.17, 15) is 4.79 Å². The molecule has 3 aromatic carbocycles. The van der Waals surface area contributed by atoms with Crippen molar-refractivity contribution in [3.8, 4) is 34.6 Å². The maximum absolute atomic E-state index is 12.7. The third-order valence-electron chi connectivity index (χ3n) is 5.76. The van der Waals surface area contributed by atoms with Crippen molar-refractivity contribution in [2.45, 2.75) is 27.2 Å². The van der Waals surface area contributed by atoms with Crippen LogP contribution in [0.1, 0.15) is 36.7 Å². The highest BCUT2D eigenvalue weighted by Gasteiger charge is 2.20. The number of benzene rings is 3. The summed E-state index contributed by atoms with van der Waals surface area (Å²) in [4.78, 5) is 17.3. The van der Waals surface area contributed by atoms with E-state index in [-0.39, 0.29) is 12.7 Å². The van der Waals surface area contributed by atoms with Crippen LogP contribution in [0.3, 0.4) is 0 Å². The van der Waals surface area contributed by atoms with Crippen LogP contribution in [-0.2, 0) is 6.42 Å². The number of nitrogens with one attached hydrogen (secondary N) is 1. The quantitative estimate of drug-likeness (QED) is 0.355. The van der Waals surface area contributed by atoms with E-state index in [4.69, 9.17) is 14.2 Å². The van der Waals surface area contributed by atoms with Crippen molar-refractivity contribution in [2.24, 2.45) is 5.92 Å². The summed E-state index contributed by atoms with van der Waals surface area (Å²) in [5.74, 6) is 2.16. The second-order valence-corrected chi connectivity index (χ2v) is 8.95. The van der Waals surface area contributed by atoms with Crippen LogP contribution in [0.2, 0.25) is 0 Å². The highest BCUT2D eigenvalue weighted by atomic mass is 16.7. The molecule has 0 atom stereocenters. The summed E-state index contributed by atoms with van der Waals surface area (Å²) < 4.78 is 18.5. The minimum absolute atomic E-state index is 0.156. The highest BCUT2D eigenvalue weighted by molar-refractivity contribution is 6.04. The Morgan fingerprint density at radius 3 is 2.50 bits per heavy atom. The molecule has 8 nitrogen and oxygen atoms in total. The number of carbonyl (C=O) groups excluding carboxylic acids is 1. The van der Waals surface area contributed by atoms with E-state index in [0.717, 1.165) is 17.7 Å². The molecule has 0 unspecified atom stereocenters. The number of hydrogen-bond donors (Lipinski definition) is 1. The monoisotopic (exact) mass is 484 g/mol. The zero-order valence-electron chi connectivity index (χ0n) is 20.5. The Labute approximate surface area is 209 Å². The Hall–Kier alpha value is -4.33. The third-order valence-corrected chi connectivity index (χ3v) is 5.76. The third kappa shape index (κ3) is 5.02. The molecule has 0 saturated carbocycles. The maximum atomic E-state index is 12.7. The molecule has 2 heterocycles. The largest absolute Gasteiger partial charge is 0.462 e. The predicted octanol–water partition coefficient (Wildman–Crippen LogP) is 5.51. The van der Waals surface area contributed by atoms with Gasteiger partial charge in [-0.05, 0) is 72.5 Å². The van der Waals surface area contributed by atoms with Gasteiger partial charge < -0.3 is 19.5 Å². The first kappa shape index (κ1) is 23.4. The number of carbonyl (C=O) groups is 1. The molecular formula is C28H28N4O4. The first-order chi connectivity index (χ1) is 17.5. The van der Waals surface area contributed by atoms with Crippen molar-refractivity contribution in [2.75, 3.05) is 18.7 Å². The number of aryl methyl sites for hydroxylation is 1. The molecule has 1 amide bonds. The van der Waals surface area contributed by atoms with E-state index < -0.39 is 0 Å². The van der Waals surface area contributed by atoms with Gasteiger partial charge in [-0.3, -0.25) is 4.79 Å². The van der Waals surface area contributed by atoms with E-state index in [1.165, 1.54) is 5.56 Å². The van der Waals surface area contributed by atoms with Crippen LogP contribution in [0, 0.1) is 5.92 Å². The van der Waals surface area contributed by atoms with Crippen LogP contribution in [0.25, 0.3) is 17.1 Å². The van der Waals surface area contributed by atoms with E-state index in [1.807, 2.05) is 66.7 Å². The molecule has 1 N–H and O–H groups in total. The normalized spacial score (nSPS) is 12.1. The van der Waals surface area contributed by atoms with Crippen molar-refractivity contribution >= 4 is 11.6 Å². The van der Waals surface area contributed by atoms with Crippen LogP contribution in [0.5, 0.6) is 17.5 Å². The SMILES string of the molecule is CCc1ccc(C(=O)Nc2ccc(-n3nc(OCC(C)C)nc3-c3ccc4c(c3)OCO4)cc2)cc1. The lowest BCUT2D eigenvalue weighted by molar-refractivity contribution is 0.102. The number of amides is 1. The molecule has 0 spiro atoms. The fourth-order valence-electron chi connectivity index (χ4n) is 3.78. The first-order valence-electron chi connectivity index (χ1n) is 12.0. The van der Waals surface area contributed by atoms with Gasteiger partial charge in [-0.15, -0.1) is 5.10 Å². The maximum Gasteiger partial charge on any atom is 0.336 e. The smallest absolute Gasteiger partial charge is 0.336 e. The highest BCUT2D eigenvalue weighted by Crippen LogP contribution is 2.36. The molecule has 5 rings (SSSR count). The van der Waals surface area contributed by atoms with Crippen LogP contribution < -0.4 is 19.5 Å². The predicted molar refractivity (Wildman–Crippen MR) is 137 cm³/mol. The van der Waals surface area contributed by atoms with Crippen molar-refractivity contribution in [1.82, 2.24) is 14.8 Å². The Morgan fingerprint density at radius 1 is 1.03 bits per heavy atom. The second kappa shape index (κ2) is 10.1. The zero-order chi connectivity index (χ0) is 25.1. The fraction of sp³-hybridized carbons (Fsp3) is 0.250. The lowest BCUT2D eigenvalue weighted by Gasteiger charge is -2.09. The van der Waals surface area contributed by atoms with E-state index in [1.54, 1.807) is 4.68 Å². The Balaban J connectivity index is 1.41. The van der Waals surface area contributed by atoms with Crippen molar-refractivity contribution in [1.29, 1.82) is 0 Å². The van der Waals surface area contributed by atoms with E-state index in [2.05, 4.69) is 36.2 Å². The molecule has 0 saturated heterocycles. The summed E-state index contributed by atoms with van der Waals surface area (Å²) in [7, 11) is 0. The van der Waals surface area contributed by atoms with Crippen LogP contribution >= 0.6 is 0 Å². The Morgan fingerprint density at radius 2 is 1.78 bits per heavy atom. The summed E-state index contributed by atoms with van der Waals surface area (Å²) in [6, 6.07) is 21.0. The molecule has 0 fully saturated rings. The van der Waals surface area contributed by atoms with Gasteiger partial charge in [0, 0.05) is 16.8 Å². The lowest BCUT2D eigenvalue weighted by Crippen LogP contribution is -2.12. The summed E-state index contributed by atoms with van der Waals surface area (Å²) in [5, 5.41) is 7.55. The summed E-state index contributed by atoms with van der Waals surface area (Å²) >= 11 is 0. The average Bonchev–Trinajstić information content (AvgIpc) is 3.54. The number of anilines is 1. The van der Waals surface area contributed by atoms with Gasteiger partial charge in [-0.2, -0.15) is 4.98 Å². The molecular weight excluding hydrogens is 456 g/mol.